The molecule has 1 saturated carbocycles. The molecule has 0 aromatic heterocycles. The Hall–Kier alpha value is -2.37. The molecule has 1 N–H and O–H groups in total. The lowest BCUT2D eigenvalue weighted by Crippen LogP contribution is -2.50. The summed E-state index contributed by atoms with van der Waals surface area (Å²) in [6, 6.07) is 10.5. The average Bonchev–Trinajstić information content (AvgIpc) is 3.44. The van der Waals surface area contributed by atoms with E-state index in [1.807, 2.05) is 48.8 Å². The van der Waals surface area contributed by atoms with Crippen molar-refractivity contribution in [3.05, 3.63) is 35.9 Å². The molecule has 3 aliphatic rings. The predicted octanol–water partition coefficient (Wildman–Crippen LogP) is 2.54. The lowest BCUT2D eigenvalue weighted by molar-refractivity contribution is -0.142. The number of nitrogens with zero attached hydrogens (tertiary/aromatic N) is 2. The number of carbonyl (C=O) groups is 3. The highest BCUT2D eigenvalue weighted by molar-refractivity contribution is 5.85. The first kappa shape index (κ1) is 20.9. The van der Waals surface area contributed by atoms with Crippen LogP contribution in [0.2, 0.25) is 0 Å². The monoisotopic (exact) mass is 411 g/mol. The number of piperidine rings is 1. The number of hydrogen-bond donors (Lipinski definition) is 1. The van der Waals surface area contributed by atoms with Crippen molar-refractivity contribution in [3.63, 3.8) is 0 Å². The van der Waals surface area contributed by atoms with Gasteiger partial charge >= 0.3 is 0 Å². The fraction of sp³-hybridized carbons (Fsp3) is 0.625. The number of benzene rings is 1. The maximum absolute atomic E-state index is 12.9. The van der Waals surface area contributed by atoms with Crippen molar-refractivity contribution < 1.29 is 14.4 Å². The summed E-state index contributed by atoms with van der Waals surface area (Å²) in [5.41, 5.74) is 0.852. The van der Waals surface area contributed by atoms with Crippen LogP contribution in [0.15, 0.2) is 30.3 Å². The molecule has 162 valence electrons. The van der Waals surface area contributed by atoms with Gasteiger partial charge in [-0.25, -0.2) is 0 Å². The van der Waals surface area contributed by atoms with Crippen LogP contribution in [-0.4, -0.2) is 59.2 Å². The fourth-order valence-corrected chi connectivity index (χ4v) is 4.90. The van der Waals surface area contributed by atoms with Crippen molar-refractivity contribution in [3.8, 4) is 0 Å². The van der Waals surface area contributed by atoms with Gasteiger partial charge in [0.15, 0.2) is 0 Å². The SMILES string of the molecule is CC(C)(C)C(=O)N1CCC[C@H](C(=O)N[C@@H]2CC(=O)N([C@@H]3C[C@H]3c3ccccc3)C2)C1. The third-order valence-electron chi connectivity index (χ3n) is 6.61. The molecule has 1 aromatic rings. The van der Waals surface area contributed by atoms with Gasteiger partial charge in [-0.05, 0) is 24.8 Å². The van der Waals surface area contributed by atoms with E-state index in [1.165, 1.54) is 5.56 Å². The second kappa shape index (κ2) is 8.05. The normalized spacial score (nSPS) is 29.1. The van der Waals surface area contributed by atoms with E-state index in [1.54, 1.807) is 0 Å². The molecule has 0 spiro atoms. The number of amides is 3. The summed E-state index contributed by atoms with van der Waals surface area (Å²) in [6.45, 7) is 7.54. The third-order valence-corrected chi connectivity index (χ3v) is 6.61. The van der Waals surface area contributed by atoms with Gasteiger partial charge in [0.05, 0.1) is 12.0 Å². The van der Waals surface area contributed by atoms with Crippen LogP contribution in [-0.2, 0) is 14.4 Å². The smallest absolute Gasteiger partial charge is 0.227 e. The standard InChI is InChI=1S/C24H33N3O3/c1-24(2,3)23(30)26-11-7-10-17(14-26)22(29)25-18-12-21(28)27(15-18)20-13-19(20)16-8-5-4-6-9-16/h4-6,8-9,17-20H,7,10-15H2,1-3H3,(H,25,29)/t17-,18+,19-,20+/m0/s1. The number of likely N-dealkylation sites (tertiary alicyclic amines) is 2. The van der Waals surface area contributed by atoms with Crippen molar-refractivity contribution in [2.45, 2.75) is 64.5 Å². The minimum Gasteiger partial charge on any atom is -0.351 e. The molecule has 1 aromatic carbocycles. The van der Waals surface area contributed by atoms with Crippen LogP contribution in [0, 0.1) is 11.3 Å². The van der Waals surface area contributed by atoms with E-state index in [0.29, 0.717) is 25.4 Å². The second-order valence-corrected chi connectivity index (χ2v) is 10.1. The van der Waals surface area contributed by atoms with E-state index < -0.39 is 5.41 Å². The van der Waals surface area contributed by atoms with Crippen LogP contribution < -0.4 is 5.32 Å². The fourth-order valence-electron chi connectivity index (χ4n) is 4.90. The quantitative estimate of drug-likeness (QED) is 0.828. The molecule has 6 nitrogen and oxygen atoms in total. The Morgan fingerprint density at radius 3 is 2.53 bits per heavy atom. The van der Waals surface area contributed by atoms with Crippen molar-refractivity contribution in [2.75, 3.05) is 19.6 Å². The van der Waals surface area contributed by atoms with Gasteiger partial charge in [-0.3, -0.25) is 14.4 Å². The van der Waals surface area contributed by atoms with Crippen molar-refractivity contribution >= 4 is 17.7 Å². The van der Waals surface area contributed by atoms with E-state index >= 15 is 0 Å². The lowest BCUT2D eigenvalue weighted by Gasteiger charge is -2.36. The van der Waals surface area contributed by atoms with E-state index in [0.717, 1.165) is 25.8 Å². The van der Waals surface area contributed by atoms with Crippen LogP contribution in [0.5, 0.6) is 0 Å². The van der Waals surface area contributed by atoms with Crippen molar-refractivity contribution in [1.82, 2.24) is 15.1 Å². The largest absolute Gasteiger partial charge is 0.351 e. The number of carbonyl (C=O) groups excluding carboxylic acids is 3. The van der Waals surface area contributed by atoms with Gasteiger partial charge in [0.25, 0.3) is 0 Å². The Morgan fingerprint density at radius 2 is 1.83 bits per heavy atom. The van der Waals surface area contributed by atoms with E-state index in [9.17, 15) is 14.4 Å². The molecule has 0 unspecified atom stereocenters. The maximum atomic E-state index is 12.9. The van der Waals surface area contributed by atoms with Crippen molar-refractivity contribution in [2.24, 2.45) is 11.3 Å². The topological polar surface area (TPSA) is 69.7 Å². The van der Waals surface area contributed by atoms with Crippen LogP contribution in [0.3, 0.4) is 0 Å². The highest BCUT2D eigenvalue weighted by Crippen LogP contribution is 2.45. The molecule has 0 radical (unpaired) electrons. The van der Waals surface area contributed by atoms with Crippen molar-refractivity contribution in [1.29, 1.82) is 0 Å². The van der Waals surface area contributed by atoms with Gasteiger partial charge in [0.2, 0.25) is 17.7 Å². The first-order chi connectivity index (χ1) is 14.2. The molecule has 4 rings (SSSR count). The molecule has 3 fully saturated rings. The summed E-state index contributed by atoms with van der Waals surface area (Å²) in [4.78, 5) is 41.8. The van der Waals surface area contributed by atoms with E-state index in [4.69, 9.17) is 0 Å². The zero-order chi connectivity index (χ0) is 21.5. The number of nitrogens with one attached hydrogen (secondary N) is 1. The van der Waals surface area contributed by atoms with Gasteiger partial charge in [0, 0.05) is 43.4 Å². The Morgan fingerprint density at radius 1 is 1.10 bits per heavy atom. The molecule has 3 amide bonds. The molecule has 6 heteroatoms. The molecule has 30 heavy (non-hydrogen) atoms. The Bertz CT molecular complexity index is 817. The molecule has 4 atom stereocenters. The Labute approximate surface area is 179 Å². The van der Waals surface area contributed by atoms with Crippen LogP contribution >= 0.6 is 0 Å². The first-order valence-electron chi connectivity index (χ1n) is 11.2. The van der Waals surface area contributed by atoms with Gasteiger partial charge in [-0.2, -0.15) is 0 Å². The van der Waals surface area contributed by atoms with Crippen LogP contribution in [0.4, 0.5) is 0 Å². The number of hydrogen-bond acceptors (Lipinski definition) is 3. The summed E-state index contributed by atoms with van der Waals surface area (Å²) in [7, 11) is 0. The maximum Gasteiger partial charge on any atom is 0.227 e. The van der Waals surface area contributed by atoms with Gasteiger partial charge in [0.1, 0.15) is 0 Å². The summed E-state index contributed by atoms with van der Waals surface area (Å²) in [5.74, 6) is 0.448. The number of rotatable bonds is 4. The molecule has 0 bridgehead atoms. The molecule has 2 saturated heterocycles. The molecule has 1 aliphatic carbocycles. The molecular weight excluding hydrogens is 378 g/mol. The van der Waals surface area contributed by atoms with E-state index in [2.05, 4.69) is 17.4 Å². The lowest BCUT2D eigenvalue weighted by atomic mass is 9.91. The molecular formula is C24H33N3O3. The zero-order valence-electron chi connectivity index (χ0n) is 18.3. The van der Waals surface area contributed by atoms with Crippen LogP contribution in [0.1, 0.15) is 57.9 Å². The third kappa shape index (κ3) is 4.37. The highest BCUT2D eigenvalue weighted by Gasteiger charge is 2.48. The first-order valence-corrected chi connectivity index (χ1v) is 11.2. The summed E-state index contributed by atoms with van der Waals surface area (Å²) < 4.78 is 0. The summed E-state index contributed by atoms with van der Waals surface area (Å²) in [5, 5.41) is 3.11. The Kier molecular flexibility index (Phi) is 5.60. The van der Waals surface area contributed by atoms with E-state index in [-0.39, 0.29) is 35.7 Å². The molecule has 2 heterocycles. The Balaban J connectivity index is 1.30. The van der Waals surface area contributed by atoms with Gasteiger partial charge < -0.3 is 15.1 Å². The highest BCUT2D eigenvalue weighted by atomic mass is 16.2. The summed E-state index contributed by atoms with van der Waals surface area (Å²) >= 11 is 0. The predicted molar refractivity (Wildman–Crippen MR) is 115 cm³/mol. The van der Waals surface area contributed by atoms with Gasteiger partial charge in [-0.1, -0.05) is 51.1 Å². The zero-order valence-corrected chi connectivity index (χ0v) is 18.3. The molecule has 2 aliphatic heterocycles. The average molecular weight is 412 g/mol. The minimum atomic E-state index is -0.434. The second-order valence-electron chi connectivity index (χ2n) is 10.1. The van der Waals surface area contributed by atoms with Gasteiger partial charge in [-0.15, -0.1) is 0 Å². The van der Waals surface area contributed by atoms with Crippen LogP contribution in [0.25, 0.3) is 0 Å². The minimum absolute atomic E-state index is 0.0172. The summed E-state index contributed by atoms with van der Waals surface area (Å²) in [6.07, 6.45) is 3.02.